The molecule has 1 heterocycles. The number of rotatable bonds is 9. The minimum atomic E-state index is -3.88. The van der Waals surface area contributed by atoms with E-state index in [2.05, 4.69) is 10.3 Å². The Morgan fingerprint density at radius 3 is 2.60 bits per heavy atom. The van der Waals surface area contributed by atoms with E-state index in [0.717, 1.165) is 15.9 Å². The van der Waals surface area contributed by atoms with Gasteiger partial charge in [0.05, 0.1) is 11.1 Å². The molecule has 0 saturated heterocycles. The lowest BCUT2D eigenvalue weighted by molar-refractivity contribution is 0.104. The predicted molar refractivity (Wildman–Crippen MR) is 116 cm³/mol. The van der Waals surface area contributed by atoms with E-state index >= 15 is 0 Å². The van der Waals surface area contributed by atoms with Gasteiger partial charge in [0.25, 0.3) is 0 Å². The van der Waals surface area contributed by atoms with E-state index in [4.69, 9.17) is 0 Å². The molecule has 3 rings (SSSR count). The number of halogens is 1. The largest absolute Gasteiger partial charge is 0.361 e. The third kappa shape index (κ3) is 4.92. The molecular formula is C21H22FN3O3S2. The van der Waals surface area contributed by atoms with Crippen LogP contribution in [0, 0.1) is 12.7 Å². The van der Waals surface area contributed by atoms with Crippen LogP contribution in [0.5, 0.6) is 0 Å². The van der Waals surface area contributed by atoms with E-state index < -0.39 is 15.8 Å². The maximum Gasteiger partial charge on any atom is 0.245 e. The monoisotopic (exact) mass is 447 g/mol. The first-order valence-corrected chi connectivity index (χ1v) is 11.6. The Morgan fingerprint density at radius 1 is 1.17 bits per heavy atom. The molecule has 0 aliphatic carbocycles. The van der Waals surface area contributed by atoms with E-state index in [9.17, 15) is 17.6 Å². The average Bonchev–Trinajstić information content (AvgIpc) is 3.20. The number of nitrogens with one attached hydrogen (secondary N) is 1. The molecule has 3 aromatic rings. The molecule has 0 radical (unpaired) electrons. The molecule has 30 heavy (non-hydrogen) atoms. The third-order valence-corrected chi connectivity index (χ3v) is 7.41. The molecule has 1 aromatic heterocycles. The summed E-state index contributed by atoms with van der Waals surface area (Å²) in [5, 5.41) is 3.69. The van der Waals surface area contributed by atoms with Crippen molar-refractivity contribution in [3.63, 3.8) is 0 Å². The molecule has 6 nitrogen and oxygen atoms in total. The molecule has 0 aliphatic rings. The quantitative estimate of drug-likeness (QED) is 0.397. The van der Waals surface area contributed by atoms with Crippen molar-refractivity contribution in [2.24, 2.45) is 0 Å². The van der Waals surface area contributed by atoms with Gasteiger partial charge in [0, 0.05) is 25.7 Å². The minimum Gasteiger partial charge on any atom is -0.361 e. The van der Waals surface area contributed by atoms with Crippen LogP contribution in [0.2, 0.25) is 0 Å². The summed E-state index contributed by atoms with van der Waals surface area (Å²) >= 11 is 1.25. The zero-order valence-electron chi connectivity index (χ0n) is 16.6. The highest BCUT2D eigenvalue weighted by molar-refractivity contribution is 7.89. The molecular weight excluding hydrogens is 425 g/mol. The first kappa shape index (κ1) is 22.1. The maximum atomic E-state index is 13.8. The smallest absolute Gasteiger partial charge is 0.245 e. The Morgan fingerprint density at radius 2 is 1.87 bits per heavy atom. The van der Waals surface area contributed by atoms with E-state index in [1.165, 1.54) is 42.8 Å². The first-order chi connectivity index (χ1) is 14.3. The minimum absolute atomic E-state index is 0.0747. The SMILES string of the molecule is Cc1ccccc1C(=O)c1cnc(NCCCN(C)S(=O)(=O)c2ccccc2F)s1. The van der Waals surface area contributed by atoms with Crippen molar-refractivity contribution in [3.05, 3.63) is 76.5 Å². The molecule has 1 N–H and O–H groups in total. The zero-order chi connectivity index (χ0) is 21.7. The second kappa shape index (κ2) is 9.46. The van der Waals surface area contributed by atoms with Crippen molar-refractivity contribution in [3.8, 4) is 0 Å². The van der Waals surface area contributed by atoms with Gasteiger partial charge in [-0.2, -0.15) is 0 Å². The summed E-state index contributed by atoms with van der Waals surface area (Å²) in [4.78, 5) is 17.0. The van der Waals surface area contributed by atoms with Crippen molar-refractivity contribution >= 4 is 32.3 Å². The Bertz CT molecular complexity index is 1150. The Kier molecular flexibility index (Phi) is 6.96. The van der Waals surface area contributed by atoms with Crippen LogP contribution in [0.1, 0.15) is 27.2 Å². The Balaban J connectivity index is 1.53. The third-order valence-electron chi connectivity index (χ3n) is 4.57. The number of ketones is 1. The summed E-state index contributed by atoms with van der Waals surface area (Å²) < 4.78 is 39.9. The van der Waals surface area contributed by atoms with Crippen LogP contribution in [-0.4, -0.2) is 43.6 Å². The van der Waals surface area contributed by atoms with Crippen LogP contribution >= 0.6 is 11.3 Å². The number of sulfonamides is 1. The van der Waals surface area contributed by atoms with E-state index in [0.29, 0.717) is 28.5 Å². The van der Waals surface area contributed by atoms with Crippen LogP contribution in [0.15, 0.2) is 59.6 Å². The summed E-state index contributed by atoms with van der Waals surface area (Å²) in [5.41, 5.74) is 1.55. The van der Waals surface area contributed by atoms with Gasteiger partial charge in [-0.05, 0) is 31.0 Å². The van der Waals surface area contributed by atoms with Gasteiger partial charge in [-0.15, -0.1) is 0 Å². The highest BCUT2D eigenvalue weighted by atomic mass is 32.2. The lowest BCUT2D eigenvalue weighted by atomic mass is 10.0. The van der Waals surface area contributed by atoms with Gasteiger partial charge in [-0.25, -0.2) is 22.1 Å². The number of carbonyl (C=O) groups excluding carboxylic acids is 1. The van der Waals surface area contributed by atoms with Crippen molar-refractivity contribution in [1.29, 1.82) is 0 Å². The van der Waals surface area contributed by atoms with E-state index in [1.807, 2.05) is 25.1 Å². The van der Waals surface area contributed by atoms with Crippen LogP contribution in [0.3, 0.4) is 0 Å². The zero-order valence-corrected chi connectivity index (χ0v) is 18.3. The molecule has 0 unspecified atom stereocenters. The van der Waals surface area contributed by atoms with Gasteiger partial charge in [-0.1, -0.05) is 47.7 Å². The lowest BCUT2D eigenvalue weighted by Crippen LogP contribution is -2.29. The van der Waals surface area contributed by atoms with Crippen molar-refractivity contribution in [2.75, 3.05) is 25.5 Å². The maximum absolute atomic E-state index is 13.8. The van der Waals surface area contributed by atoms with Crippen LogP contribution in [0.4, 0.5) is 9.52 Å². The fourth-order valence-corrected chi connectivity index (χ4v) is 4.93. The highest BCUT2D eigenvalue weighted by Crippen LogP contribution is 2.23. The molecule has 0 atom stereocenters. The number of thiazole rings is 1. The number of benzene rings is 2. The molecule has 9 heteroatoms. The number of anilines is 1. The van der Waals surface area contributed by atoms with Crippen LogP contribution in [-0.2, 0) is 10.0 Å². The summed E-state index contributed by atoms with van der Waals surface area (Å²) in [7, 11) is -2.46. The van der Waals surface area contributed by atoms with Crippen molar-refractivity contribution in [1.82, 2.24) is 9.29 Å². The molecule has 0 saturated carbocycles. The van der Waals surface area contributed by atoms with Crippen molar-refractivity contribution < 1.29 is 17.6 Å². The van der Waals surface area contributed by atoms with Crippen molar-refractivity contribution in [2.45, 2.75) is 18.2 Å². The molecule has 0 aliphatic heterocycles. The standard InChI is InChI=1S/C21H22FN3O3S2/c1-15-8-3-4-9-16(15)20(26)18-14-24-21(29-18)23-12-7-13-25(2)30(27,28)19-11-6-5-10-17(19)22/h3-6,8-11,14H,7,12-13H2,1-2H3,(H,23,24). The number of nitrogens with zero attached hydrogens (tertiary/aromatic N) is 2. The summed E-state index contributed by atoms with van der Waals surface area (Å²) in [6.45, 7) is 2.56. The average molecular weight is 448 g/mol. The topological polar surface area (TPSA) is 79.4 Å². The van der Waals surface area contributed by atoms with Gasteiger partial charge >= 0.3 is 0 Å². The number of aryl methyl sites for hydroxylation is 1. The summed E-state index contributed by atoms with van der Waals surface area (Å²) in [6, 6.07) is 12.7. The Labute approximate surface area is 179 Å². The highest BCUT2D eigenvalue weighted by Gasteiger charge is 2.23. The van der Waals surface area contributed by atoms with Gasteiger partial charge in [0.1, 0.15) is 10.7 Å². The molecule has 0 spiro atoms. The van der Waals surface area contributed by atoms with Gasteiger partial charge in [0.2, 0.25) is 15.8 Å². The Hall–Kier alpha value is -2.62. The lowest BCUT2D eigenvalue weighted by Gasteiger charge is -2.17. The number of aromatic nitrogens is 1. The van der Waals surface area contributed by atoms with Crippen LogP contribution < -0.4 is 5.32 Å². The molecule has 2 aromatic carbocycles. The molecule has 0 fully saturated rings. The first-order valence-electron chi connectivity index (χ1n) is 9.31. The van der Waals surface area contributed by atoms with Gasteiger partial charge in [0.15, 0.2) is 5.13 Å². The number of hydrogen-bond donors (Lipinski definition) is 1. The summed E-state index contributed by atoms with van der Waals surface area (Å²) in [5.74, 6) is -0.842. The fourth-order valence-electron chi connectivity index (χ4n) is 2.86. The molecule has 158 valence electrons. The van der Waals surface area contributed by atoms with Crippen LogP contribution in [0.25, 0.3) is 0 Å². The molecule has 0 amide bonds. The van der Waals surface area contributed by atoms with E-state index in [1.54, 1.807) is 6.07 Å². The fraction of sp³-hybridized carbons (Fsp3) is 0.238. The normalized spacial score (nSPS) is 11.6. The second-order valence-corrected chi connectivity index (χ2v) is 9.75. The van der Waals surface area contributed by atoms with Gasteiger partial charge in [-0.3, -0.25) is 4.79 Å². The second-order valence-electron chi connectivity index (χ2n) is 6.71. The predicted octanol–water partition coefficient (Wildman–Crippen LogP) is 3.94. The number of hydrogen-bond acceptors (Lipinski definition) is 6. The van der Waals surface area contributed by atoms with Gasteiger partial charge < -0.3 is 5.32 Å². The number of carbonyl (C=O) groups is 1. The summed E-state index contributed by atoms with van der Waals surface area (Å²) in [6.07, 6.45) is 2.03. The molecule has 0 bridgehead atoms. The van der Waals surface area contributed by atoms with E-state index in [-0.39, 0.29) is 17.2 Å².